The lowest BCUT2D eigenvalue weighted by Gasteiger charge is -2.37. The monoisotopic (exact) mass is 283 g/mol. The van der Waals surface area contributed by atoms with Gasteiger partial charge in [-0.15, -0.1) is 0 Å². The summed E-state index contributed by atoms with van der Waals surface area (Å²) in [7, 11) is 0. The van der Waals surface area contributed by atoms with E-state index >= 15 is 0 Å². The van der Waals surface area contributed by atoms with Crippen LogP contribution in [0.15, 0.2) is 0 Å². The van der Waals surface area contributed by atoms with E-state index in [-0.39, 0.29) is 0 Å². The van der Waals surface area contributed by atoms with Crippen molar-refractivity contribution in [2.24, 2.45) is 0 Å². The Labute approximate surface area is 117 Å². The molecule has 20 heavy (non-hydrogen) atoms. The second kappa shape index (κ2) is 4.73. The smallest absolute Gasteiger partial charge is 0.329 e. The Morgan fingerprint density at radius 3 is 2.35 bits per heavy atom. The quantitative estimate of drug-likeness (QED) is 0.725. The zero-order chi connectivity index (χ0) is 15.1. The van der Waals surface area contributed by atoms with Crippen molar-refractivity contribution in [1.29, 1.82) is 0 Å². The maximum Gasteiger partial charge on any atom is 0.329 e. The second-order valence-corrected chi connectivity index (χ2v) is 5.95. The van der Waals surface area contributed by atoms with E-state index < -0.39 is 29.0 Å². The fourth-order valence-corrected chi connectivity index (χ4v) is 2.81. The molecule has 7 heteroatoms. The highest BCUT2D eigenvalue weighted by Gasteiger charge is 2.57. The van der Waals surface area contributed by atoms with Crippen LogP contribution in [0.2, 0.25) is 0 Å². The van der Waals surface area contributed by atoms with Gasteiger partial charge in [-0.05, 0) is 33.2 Å². The lowest BCUT2D eigenvalue weighted by Crippen LogP contribution is -2.57. The summed E-state index contributed by atoms with van der Waals surface area (Å²) in [5.74, 6) is -1.60. The molecule has 2 heterocycles. The number of piperidine rings is 1. The van der Waals surface area contributed by atoms with Gasteiger partial charge in [-0.3, -0.25) is 4.79 Å². The first-order valence-electron chi connectivity index (χ1n) is 6.87. The first-order chi connectivity index (χ1) is 9.24. The Balaban J connectivity index is 2.24. The molecule has 0 saturated carbocycles. The van der Waals surface area contributed by atoms with Gasteiger partial charge in [-0.1, -0.05) is 6.92 Å². The summed E-state index contributed by atoms with van der Waals surface area (Å²) < 4.78 is 0. The van der Waals surface area contributed by atoms with E-state index in [2.05, 4.69) is 10.2 Å². The first kappa shape index (κ1) is 14.8. The van der Waals surface area contributed by atoms with Gasteiger partial charge >= 0.3 is 12.0 Å². The minimum Gasteiger partial charge on any atom is -0.480 e. The third-order valence-electron chi connectivity index (χ3n) is 4.40. The summed E-state index contributed by atoms with van der Waals surface area (Å²) in [4.78, 5) is 39.0. The van der Waals surface area contributed by atoms with Crippen molar-refractivity contribution in [3.63, 3.8) is 0 Å². The molecule has 2 N–H and O–H groups in total. The number of hydrogen-bond donors (Lipinski definition) is 2. The van der Waals surface area contributed by atoms with Crippen LogP contribution >= 0.6 is 0 Å². The van der Waals surface area contributed by atoms with E-state index in [0.717, 1.165) is 24.5 Å². The zero-order valence-electron chi connectivity index (χ0n) is 12.1. The van der Waals surface area contributed by atoms with Crippen molar-refractivity contribution in [1.82, 2.24) is 15.1 Å². The standard InChI is InChI=1S/C13H21N3O4/c1-4-15-7-5-13(6-8-15)9(17)16(11(20)14-13)12(2,3)10(18)19/h4-8H2,1-3H3,(H,14,20)(H,18,19). The summed E-state index contributed by atoms with van der Waals surface area (Å²) in [5.41, 5.74) is -2.46. The predicted octanol–water partition coefficient (Wildman–Crippen LogP) is 0.256. The third-order valence-corrected chi connectivity index (χ3v) is 4.40. The third kappa shape index (κ3) is 2.06. The molecule has 1 spiro atoms. The summed E-state index contributed by atoms with van der Waals surface area (Å²) in [6, 6.07) is -0.604. The van der Waals surface area contributed by atoms with Crippen LogP contribution in [0.25, 0.3) is 0 Å². The van der Waals surface area contributed by atoms with Gasteiger partial charge in [-0.25, -0.2) is 14.5 Å². The number of likely N-dealkylation sites (tertiary alicyclic amines) is 1. The van der Waals surface area contributed by atoms with E-state index in [4.69, 9.17) is 0 Å². The zero-order valence-corrected chi connectivity index (χ0v) is 12.1. The number of carboxylic acid groups (broad SMARTS) is 1. The van der Waals surface area contributed by atoms with Crippen LogP contribution in [-0.4, -0.2) is 63.5 Å². The maximum atomic E-state index is 12.6. The molecule has 0 aromatic carbocycles. The topological polar surface area (TPSA) is 90.0 Å². The highest BCUT2D eigenvalue weighted by molar-refractivity contribution is 6.10. The largest absolute Gasteiger partial charge is 0.480 e. The van der Waals surface area contributed by atoms with Crippen LogP contribution in [0.5, 0.6) is 0 Å². The van der Waals surface area contributed by atoms with Crippen LogP contribution in [0.3, 0.4) is 0 Å². The molecule has 0 aliphatic carbocycles. The highest BCUT2D eigenvalue weighted by atomic mass is 16.4. The van der Waals surface area contributed by atoms with Crippen LogP contribution in [0.4, 0.5) is 4.79 Å². The van der Waals surface area contributed by atoms with Crippen LogP contribution in [0.1, 0.15) is 33.6 Å². The molecule has 2 rings (SSSR count). The van der Waals surface area contributed by atoms with E-state index in [9.17, 15) is 19.5 Å². The number of carbonyl (C=O) groups is 3. The Kier molecular flexibility index (Phi) is 3.49. The van der Waals surface area contributed by atoms with Gasteiger partial charge < -0.3 is 15.3 Å². The van der Waals surface area contributed by atoms with Gasteiger partial charge in [0.2, 0.25) is 0 Å². The van der Waals surface area contributed by atoms with Gasteiger partial charge in [0.15, 0.2) is 0 Å². The maximum absolute atomic E-state index is 12.6. The van der Waals surface area contributed by atoms with Crippen LogP contribution < -0.4 is 5.32 Å². The second-order valence-electron chi connectivity index (χ2n) is 5.95. The number of amides is 3. The van der Waals surface area contributed by atoms with E-state index in [1.807, 2.05) is 6.92 Å². The van der Waals surface area contributed by atoms with Crippen molar-refractivity contribution in [2.45, 2.75) is 44.7 Å². The lowest BCUT2D eigenvalue weighted by molar-refractivity contribution is -0.154. The molecule has 3 amide bonds. The molecule has 0 bridgehead atoms. The van der Waals surface area contributed by atoms with Crippen molar-refractivity contribution in [3.05, 3.63) is 0 Å². The number of imide groups is 1. The molecular weight excluding hydrogens is 262 g/mol. The molecule has 2 aliphatic heterocycles. The van der Waals surface area contributed by atoms with Crippen molar-refractivity contribution >= 4 is 17.9 Å². The lowest BCUT2D eigenvalue weighted by atomic mass is 9.86. The molecule has 2 fully saturated rings. The number of urea groups is 1. The summed E-state index contributed by atoms with van der Waals surface area (Å²) in [5, 5.41) is 11.9. The Morgan fingerprint density at radius 2 is 1.90 bits per heavy atom. The van der Waals surface area contributed by atoms with Crippen LogP contribution in [0, 0.1) is 0 Å². The molecule has 0 atom stereocenters. The molecule has 0 aromatic rings. The number of nitrogens with zero attached hydrogens (tertiary/aromatic N) is 2. The Morgan fingerprint density at radius 1 is 1.35 bits per heavy atom. The average molecular weight is 283 g/mol. The SMILES string of the molecule is CCN1CCC2(CC1)NC(=O)N(C(C)(C)C(=O)O)C2=O. The van der Waals surface area contributed by atoms with Crippen LogP contribution in [-0.2, 0) is 9.59 Å². The van der Waals surface area contributed by atoms with E-state index in [0.29, 0.717) is 12.8 Å². The van der Waals surface area contributed by atoms with Gasteiger partial charge in [-0.2, -0.15) is 0 Å². The molecule has 2 saturated heterocycles. The first-order valence-corrected chi connectivity index (χ1v) is 6.87. The van der Waals surface area contributed by atoms with E-state index in [1.165, 1.54) is 13.8 Å². The van der Waals surface area contributed by atoms with Gasteiger partial charge in [0, 0.05) is 13.1 Å². The van der Waals surface area contributed by atoms with Gasteiger partial charge in [0.25, 0.3) is 5.91 Å². The number of hydrogen-bond acceptors (Lipinski definition) is 4. The molecule has 0 unspecified atom stereocenters. The number of rotatable bonds is 3. The summed E-state index contributed by atoms with van der Waals surface area (Å²) in [6.45, 7) is 7.14. The number of carboxylic acids is 1. The minimum absolute atomic E-state index is 0.411. The Hall–Kier alpha value is -1.63. The normalized spacial score (nSPS) is 23.2. The van der Waals surface area contributed by atoms with Crippen molar-refractivity contribution < 1.29 is 19.5 Å². The molecule has 112 valence electrons. The molecule has 7 nitrogen and oxygen atoms in total. The number of carbonyl (C=O) groups excluding carboxylic acids is 2. The summed E-state index contributed by atoms with van der Waals surface area (Å²) in [6.07, 6.45) is 1.05. The fourth-order valence-electron chi connectivity index (χ4n) is 2.81. The minimum atomic E-state index is -1.54. The number of nitrogens with one attached hydrogen (secondary N) is 1. The van der Waals surface area contributed by atoms with Crippen molar-refractivity contribution in [2.75, 3.05) is 19.6 Å². The number of aliphatic carboxylic acids is 1. The highest BCUT2D eigenvalue weighted by Crippen LogP contribution is 2.33. The molecule has 0 aromatic heterocycles. The summed E-state index contributed by atoms with van der Waals surface area (Å²) >= 11 is 0. The molecule has 2 aliphatic rings. The Bertz CT molecular complexity index is 453. The van der Waals surface area contributed by atoms with Crippen molar-refractivity contribution in [3.8, 4) is 0 Å². The molecule has 0 radical (unpaired) electrons. The van der Waals surface area contributed by atoms with E-state index in [1.54, 1.807) is 0 Å². The molecular formula is C13H21N3O4. The fraction of sp³-hybridized carbons (Fsp3) is 0.769. The average Bonchev–Trinajstić information content (AvgIpc) is 2.62. The van der Waals surface area contributed by atoms with Gasteiger partial charge in [0.05, 0.1) is 0 Å². The predicted molar refractivity (Wildman–Crippen MR) is 71.2 cm³/mol. The van der Waals surface area contributed by atoms with Gasteiger partial charge in [0.1, 0.15) is 11.1 Å².